The number of hydrogen-bond acceptors (Lipinski definition) is 1. The fourth-order valence-corrected chi connectivity index (χ4v) is 2.39. The normalized spacial score (nSPS) is 23.2. The van der Waals surface area contributed by atoms with E-state index < -0.39 is 0 Å². The maximum absolute atomic E-state index is 5.44. The average molecular weight is 216 g/mol. The number of benzene rings is 1. The molecule has 0 spiro atoms. The van der Waals surface area contributed by atoms with Crippen LogP contribution in [0.5, 0.6) is 5.75 Å². The van der Waals surface area contributed by atoms with Crippen LogP contribution in [0.1, 0.15) is 43.6 Å². The molecule has 0 radical (unpaired) electrons. The second-order valence-electron chi connectivity index (χ2n) is 4.41. The van der Waals surface area contributed by atoms with Crippen molar-refractivity contribution >= 4 is 0 Å². The molecule has 1 aliphatic rings. The summed E-state index contributed by atoms with van der Waals surface area (Å²) in [4.78, 5) is 0. The lowest BCUT2D eigenvalue weighted by atomic mass is 9.90. The smallest absolute Gasteiger partial charge is 0.122 e. The molecule has 86 valence electrons. The fourth-order valence-electron chi connectivity index (χ4n) is 2.39. The highest BCUT2D eigenvalue weighted by Crippen LogP contribution is 2.32. The van der Waals surface area contributed by atoms with Crippen LogP contribution in [-0.2, 0) is 0 Å². The SMILES string of the molecule is COc1ccccc1[C@@H]1/C=C\CCCCC1. The molecule has 0 saturated carbocycles. The molecule has 1 atom stereocenters. The Bertz CT molecular complexity index is 354. The van der Waals surface area contributed by atoms with Crippen molar-refractivity contribution in [3.05, 3.63) is 42.0 Å². The number of methoxy groups -OCH3 is 1. The first kappa shape index (κ1) is 11.3. The van der Waals surface area contributed by atoms with Gasteiger partial charge in [0.1, 0.15) is 5.75 Å². The van der Waals surface area contributed by atoms with E-state index in [4.69, 9.17) is 4.74 Å². The molecule has 1 aliphatic carbocycles. The van der Waals surface area contributed by atoms with Crippen molar-refractivity contribution in [2.75, 3.05) is 7.11 Å². The molecule has 0 aliphatic heterocycles. The number of ether oxygens (including phenoxy) is 1. The van der Waals surface area contributed by atoms with E-state index in [-0.39, 0.29) is 0 Å². The van der Waals surface area contributed by atoms with Crippen LogP contribution in [-0.4, -0.2) is 7.11 Å². The summed E-state index contributed by atoms with van der Waals surface area (Å²) in [5.74, 6) is 1.56. The van der Waals surface area contributed by atoms with Gasteiger partial charge in [-0.15, -0.1) is 0 Å². The number of para-hydroxylation sites is 1. The summed E-state index contributed by atoms with van der Waals surface area (Å²) < 4.78 is 5.44. The van der Waals surface area contributed by atoms with Crippen LogP contribution in [0.15, 0.2) is 36.4 Å². The Labute approximate surface area is 98.1 Å². The lowest BCUT2D eigenvalue weighted by molar-refractivity contribution is 0.406. The van der Waals surface area contributed by atoms with Gasteiger partial charge in [0.15, 0.2) is 0 Å². The monoisotopic (exact) mass is 216 g/mol. The summed E-state index contributed by atoms with van der Waals surface area (Å²) in [5.41, 5.74) is 1.34. The molecule has 1 heteroatoms. The van der Waals surface area contributed by atoms with Crippen LogP contribution in [0, 0.1) is 0 Å². The van der Waals surface area contributed by atoms with E-state index in [1.165, 1.54) is 37.7 Å². The van der Waals surface area contributed by atoms with Crippen LogP contribution >= 0.6 is 0 Å². The van der Waals surface area contributed by atoms with Gasteiger partial charge >= 0.3 is 0 Å². The van der Waals surface area contributed by atoms with Crippen LogP contribution in [0.25, 0.3) is 0 Å². The van der Waals surface area contributed by atoms with Gasteiger partial charge in [-0.05, 0) is 25.3 Å². The lowest BCUT2D eigenvalue weighted by Crippen LogP contribution is -2.00. The van der Waals surface area contributed by atoms with Crippen LogP contribution in [0.3, 0.4) is 0 Å². The third-order valence-electron chi connectivity index (χ3n) is 3.29. The van der Waals surface area contributed by atoms with E-state index in [2.05, 4.69) is 30.4 Å². The number of allylic oxidation sites excluding steroid dienone is 2. The Morgan fingerprint density at radius 2 is 2.00 bits per heavy atom. The minimum atomic E-state index is 0.538. The Morgan fingerprint density at radius 3 is 2.88 bits per heavy atom. The molecule has 0 fully saturated rings. The number of hydrogen-bond donors (Lipinski definition) is 0. The molecule has 2 rings (SSSR count). The van der Waals surface area contributed by atoms with Crippen molar-refractivity contribution in [2.45, 2.75) is 38.0 Å². The molecular weight excluding hydrogens is 196 g/mol. The van der Waals surface area contributed by atoms with Crippen LogP contribution < -0.4 is 4.74 Å². The van der Waals surface area contributed by atoms with E-state index in [9.17, 15) is 0 Å². The van der Waals surface area contributed by atoms with E-state index in [1.54, 1.807) is 7.11 Å². The van der Waals surface area contributed by atoms with Crippen molar-refractivity contribution < 1.29 is 4.74 Å². The van der Waals surface area contributed by atoms with Crippen LogP contribution in [0.4, 0.5) is 0 Å². The first-order valence-electron chi connectivity index (χ1n) is 6.21. The fraction of sp³-hybridized carbons (Fsp3) is 0.467. The van der Waals surface area contributed by atoms with Gasteiger partial charge in [-0.2, -0.15) is 0 Å². The Morgan fingerprint density at radius 1 is 1.12 bits per heavy atom. The minimum Gasteiger partial charge on any atom is -0.496 e. The average Bonchev–Trinajstić information content (AvgIpc) is 2.29. The van der Waals surface area contributed by atoms with Gasteiger partial charge < -0.3 is 4.74 Å². The maximum Gasteiger partial charge on any atom is 0.122 e. The third kappa shape index (κ3) is 2.66. The van der Waals surface area contributed by atoms with Crippen LogP contribution in [0.2, 0.25) is 0 Å². The van der Waals surface area contributed by atoms with E-state index in [1.807, 2.05) is 6.07 Å². The van der Waals surface area contributed by atoms with Gasteiger partial charge in [-0.1, -0.05) is 43.2 Å². The molecular formula is C15H20O. The Balaban J connectivity index is 2.23. The topological polar surface area (TPSA) is 9.23 Å². The summed E-state index contributed by atoms with van der Waals surface area (Å²) in [6.45, 7) is 0. The largest absolute Gasteiger partial charge is 0.496 e. The van der Waals surface area contributed by atoms with Gasteiger partial charge in [-0.3, -0.25) is 0 Å². The summed E-state index contributed by atoms with van der Waals surface area (Å²) in [6, 6.07) is 8.39. The third-order valence-corrected chi connectivity index (χ3v) is 3.29. The van der Waals surface area contributed by atoms with Gasteiger partial charge in [0.05, 0.1) is 7.11 Å². The summed E-state index contributed by atoms with van der Waals surface area (Å²) in [5, 5.41) is 0. The van der Waals surface area contributed by atoms with Crippen molar-refractivity contribution in [2.24, 2.45) is 0 Å². The highest BCUT2D eigenvalue weighted by molar-refractivity contribution is 5.38. The summed E-state index contributed by atoms with van der Waals surface area (Å²) in [6.07, 6.45) is 11.2. The molecule has 0 bridgehead atoms. The van der Waals surface area contributed by atoms with Crippen molar-refractivity contribution in [1.29, 1.82) is 0 Å². The van der Waals surface area contributed by atoms with Gasteiger partial charge in [0, 0.05) is 11.5 Å². The zero-order valence-corrected chi connectivity index (χ0v) is 9.99. The predicted octanol–water partition coefficient (Wildman–Crippen LogP) is 4.30. The first-order valence-corrected chi connectivity index (χ1v) is 6.21. The lowest BCUT2D eigenvalue weighted by Gasteiger charge is -2.18. The molecule has 1 aromatic carbocycles. The molecule has 0 saturated heterocycles. The molecule has 0 N–H and O–H groups in total. The second kappa shape index (κ2) is 5.74. The van der Waals surface area contributed by atoms with Crippen molar-refractivity contribution in [3.63, 3.8) is 0 Å². The molecule has 1 aromatic rings. The number of rotatable bonds is 2. The van der Waals surface area contributed by atoms with Gasteiger partial charge in [-0.25, -0.2) is 0 Å². The second-order valence-corrected chi connectivity index (χ2v) is 4.41. The zero-order chi connectivity index (χ0) is 11.2. The molecule has 1 nitrogen and oxygen atoms in total. The van der Waals surface area contributed by atoms with E-state index in [0.29, 0.717) is 5.92 Å². The summed E-state index contributed by atoms with van der Waals surface area (Å²) >= 11 is 0. The standard InChI is InChI=1S/C15H20O/c1-16-15-12-8-7-11-14(15)13-9-5-3-2-4-6-10-13/h5,7-9,11-13H,2-4,6,10H2,1H3/b9-5-/t13-/m1/s1. The molecule has 0 amide bonds. The minimum absolute atomic E-state index is 0.538. The van der Waals surface area contributed by atoms with Crippen molar-refractivity contribution in [3.8, 4) is 5.75 Å². The maximum atomic E-state index is 5.44. The Kier molecular flexibility index (Phi) is 4.03. The first-order chi connectivity index (χ1) is 7.92. The van der Waals surface area contributed by atoms with Gasteiger partial charge in [0.2, 0.25) is 0 Å². The highest BCUT2D eigenvalue weighted by Gasteiger charge is 2.13. The van der Waals surface area contributed by atoms with E-state index in [0.717, 1.165) is 5.75 Å². The molecule has 16 heavy (non-hydrogen) atoms. The molecule has 0 aromatic heterocycles. The molecule has 0 heterocycles. The zero-order valence-electron chi connectivity index (χ0n) is 9.99. The van der Waals surface area contributed by atoms with Crippen molar-refractivity contribution in [1.82, 2.24) is 0 Å². The Hall–Kier alpha value is -1.24. The highest BCUT2D eigenvalue weighted by atomic mass is 16.5. The van der Waals surface area contributed by atoms with E-state index >= 15 is 0 Å². The predicted molar refractivity (Wildman–Crippen MR) is 68.0 cm³/mol. The summed E-state index contributed by atoms with van der Waals surface area (Å²) in [7, 11) is 1.76. The molecule has 0 unspecified atom stereocenters. The van der Waals surface area contributed by atoms with Gasteiger partial charge in [0.25, 0.3) is 0 Å². The quantitative estimate of drug-likeness (QED) is 0.670.